The van der Waals surface area contributed by atoms with E-state index >= 15 is 0 Å². The van der Waals surface area contributed by atoms with Crippen LogP contribution >= 0.6 is 11.6 Å². The molecule has 6 nitrogen and oxygen atoms in total. The average molecular weight is 436 g/mol. The van der Waals surface area contributed by atoms with Gasteiger partial charge in [-0.25, -0.2) is 9.78 Å². The second kappa shape index (κ2) is 7.85. The number of hydrogen-bond donors (Lipinski definition) is 0. The molecule has 158 valence electrons. The van der Waals surface area contributed by atoms with Gasteiger partial charge in [-0.2, -0.15) is 0 Å². The number of benzene rings is 2. The Morgan fingerprint density at radius 3 is 2.58 bits per heavy atom. The third-order valence-electron chi connectivity index (χ3n) is 6.16. The van der Waals surface area contributed by atoms with Gasteiger partial charge in [0.1, 0.15) is 10.8 Å². The van der Waals surface area contributed by atoms with Crippen LogP contribution in [-0.2, 0) is 11.3 Å². The lowest BCUT2D eigenvalue weighted by Crippen LogP contribution is -2.48. The fourth-order valence-corrected chi connectivity index (χ4v) is 4.55. The molecule has 0 bridgehead atoms. The minimum atomic E-state index is -0.525. The number of carbonyl (C=O) groups excluding carboxylic acids is 2. The molecule has 0 saturated carbocycles. The third kappa shape index (κ3) is 3.95. The first-order valence-corrected chi connectivity index (χ1v) is 10.8. The van der Waals surface area contributed by atoms with Crippen LogP contribution in [0.1, 0.15) is 28.8 Å². The van der Waals surface area contributed by atoms with Crippen molar-refractivity contribution in [2.75, 3.05) is 19.6 Å². The summed E-state index contributed by atoms with van der Waals surface area (Å²) in [6.07, 6.45) is 2.46. The van der Waals surface area contributed by atoms with Crippen LogP contribution in [0.4, 0.5) is 4.79 Å². The summed E-state index contributed by atoms with van der Waals surface area (Å²) in [6, 6.07) is 17.7. The van der Waals surface area contributed by atoms with E-state index in [1.165, 1.54) is 11.6 Å². The van der Waals surface area contributed by atoms with E-state index in [0.717, 1.165) is 10.9 Å². The Morgan fingerprint density at radius 1 is 1.06 bits per heavy atom. The molecule has 31 heavy (non-hydrogen) atoms. The molecular weight excluding hydrogens is 414 g/mol. The van der Waals surface area contributed by atoms with Crippen molar-refractivity contribution in [3.63, 3.8) is 0 Å². The molecule has 3 heterocycles. The number of carbonyl (C=O) groups is 2. The van der Waals surface area contributed by atoms with E-state index in [-0.39, 0.29) is 12.0 Å². The highest BCUT2D eigenvalue weighted by Crippen LogP contribution is 2.34. The van der Waals surface area contributed by atoms with E-state index in [9.17, 15) is 9.59 Å². The molecule has 0 aliphatic carbocycles. The highest BCUT2D eigenvalue weighted by atomic mass is 35.5. The molecule has 2 aliphatic rings. The van der Waals surface area contributed by atoms with Crippen molar-refractivity contribution < 1.29 is 14.3 Å². The lowest BCUT2D eigenvalue weighted by atomic mass is 9.91. The molecule has 2 amide bonds. The molecule has 0 atom stereocenters. The Bertz CT molecular complexity index is 1140. The SMILES string of the molecule is O=C1OC2(CCN(C(=O)c3ccc(Cl)nc3)CC2)CN1Cc1ccc2ccccc2c1. The zero-order chi connectivity index (χ0) is 21.4. The Kier molecular flexibility index (Phi) is 5.02. The number of nitrogens with zero attached hydrogens (tertiary/aromatic N) is 3. The van der Waals surface area contributed by atoms with Gasteiger partial charge < -0.3 is 9.64 Å². The third-order valence-corrected chi connectivity index (χ3v) is 6.39. The molecule has 0 unspecified atom stereocenters. The van der Waals surface area contributed by atoms with Crippen molar-refractivity contribution in [2.24, 2.45) is 0 Å². The standard InChI is InChI=1S/C24H22ClN3O3/c25-21-8-7-20(14-26-21)22(29)27-11-9-24(10-12-27)16-28(23(30)31-24)15-17-5-6-18-3-1-2-4-19(18)13-17/h1-8,13-14H,9-12,15-16H2. The molecule has 0 N–H and O–H groups in total. The number of rotatable bonds is 3. The van der Waals surface area contributed by atoms with Crippen LogP contribution in [0.25, 0.3) is 10.8 Å². The predicted octanol–water partition coefficient (Wildman–Crippen LogP) is 4.52. The zero-order valence-corrected chi connectivity index (χ0v) is 17.7. The quantitative estimate of drug-likeness (QED) is 0.567. The number of aromatic nitrogens is 1. The summed E-state index contributed by atoms with van der Waals surface area (Å²) in [5.74, 6) is -0.0728. The topological polar surface area (TPSA) is 62.7 Å². The largest absolute Gasteiger partial charge is 0.441 e. The number of piperidine rings is 1. The molecule has 2 aliphatic heterocycles. The summed E-state index contributed by atoms with van der Waals surface area (Å²) in [5.41, 5.74) is 1.07. The van der Waals surface area contributed by atoms with Crippen molar-refractivity contribution in [2.45, 2.75) is 25.0 Å². The Morgan fingerprint density at radius 2 is 1.84 bits per heavy atom. The Labute approximate surface area is 185 Å². The van der Waals surface area contributed by atoms with Gasteiger partial charge in [0.25, 0.3) is 5.91 Å². The van der Waals surface area contributed by atoms with Crippen LogP contribution < -0.4 is 0 Å². The number of pyridine rings is 1. The van der Waals surface area contributed by atoms with Gasteiger partial charge in [-0.1, -0.05) is 48.0 Å². The number of amides is 2. The van der Waals surface area contributed by atoms with Crippen molar-refractivity contribution >= 4 is 34.4 Å². The normalized spacial score (nSPS) is 17.9. The Hall–Kier alpha value is -3.12. The molecule has 5 rings (SSSR count). The minimum Gasteiger partial charge on any atom is -0.441 e. The molecule has 0 radical (unpaired) electrons. The van der Waals surface area contributed by atoms with Crippen LogP contribution in [0.5, 0.6) is 0 Å². The molecule has 2 saturated heterocycles. The summed E-state index contributed by atoms with van der Waals surface area (Å²) < 4.78 is 5.83. The van der Waals surface area contributed by atoms with Crippen LogP contribution in [0.3, 0.4) is 0 Å². The van der Waals surface area contributed by atoms with Crippen molar-refractivity contribution in [1.82, 2.24) is 14.8 Å². The van der Waals surface area contributed by atoms with Gasteiger partial charge in [-0.15, -0.1) is 0 Å². The lowest BCUT2D eigenvalue weighted by molar-refractivity contribution is 0.00312. The molecule has 2 aromatic carbocycles. The predicted molar refractivity (Wildman–Crippen MR) is 118 cm³/mol. The van der Waals surface area contributed by atoms with E-state index in [0.29, 0.717) is 49.7 Å². The summed E-state index contributed by atoms with van der Waals surface area (Å²) in [7, 11) is 0. The second-order valence-electron chi connectivity index (χ2n) is 8.25. The van der Waals surface area contributed by atoms with Gasteiger partial charge in [0.15, 0.2) is 0 Å². The maximum atomic E-state index is 12.7. The van der Waals surface area contributed by atoms with Crippen molar-refractivity contribution in [1.29, 1.82) is 0 Å². The van der Waals surface area contributed by atoms with Crippen molar-refractivity contribution in [3.8, 4) is 0 Å². The average Bonchev–Trinajstić information content (AvgIpc) is 3.08. The number of hydrogen-bond acceptors (Lipinski definition) is 4. The van der Waals surface area contributed by atoms with E-state index in [4.69, 9.17) is 16.3 Å². The molecular formula is C24H22ClN3O3. The van der Waals surface area contributed by atoms with Gasteiger partial charge in [-0.3, -0.25) is 9.69 Å². The molecule has 2 fully saturated rings. The van der Waals surface area contributed by atoms with Gasteiger partial charge in [0.2, 0.25) is 0 Å². The summed E-state index contributed by atoms with van der Waals surface area (Å²) in [5, 5.41) is 2.70. The molecule has 3 aromatic rings. The second-order valence-corrected chi connectivity index (χ2v) is 8.64. The lowest BCUT2D eigenvalue weighted by Gasteiger charge is -2.37. The summed E-state index contributed by atoms with van der Waals surface area (Å²) in [4.78, 5) is 32.8. The first-order chi connectivity index (χ1) is 15.0. The molecule has 1 aromatic heterocycles. The number of likely N-dealkylation sites (tertiary alicyclic amines) is 1. The zero-order valence-electron chi connectivity index (χ0n) is 17.0. The van der Waals surface area contributed by atoms with E-state index < -0.39 is 5.60 Å². The van der Waals surface area contributed by atoms with Gasteiger partial charge in [0.05, 0.1) is 12.1 Å². The first-order valence-electron chi connectivity index (χ1n) is 10.4. The first kappa shape index (κ1) is 19.8. The molecule has 7 heteroatoms. The molecule has 1 spiro atoms. The Balaban J connectivity index is 1.23. The fourth-order valence-electron chi connectivity index (χ4n) is 4.43. The monoisotopic (exact) mass is 435 g/mol. The maximum absolute atomic E-state index is 12.7. The summed E-state index contributed by atoms with van der Waals surface area (Å²) >= 11 is 5.81. The minimum absolute atomic E-state index is 0.0728. The highest BCUT2D eigenvalue weighted by molar-refractivity contribution is 6.29. The number of ether oxygens (including phenoxy) is 1. The highest BCUT2D eigenvalue weighted by Gasteiger charge is 2.47. The number of halogens is 1. The fraction of sp³-hybridized carbons (Fsp3) is 0.292. The smallest absolute Gasteiger partial charge is 0.410 e. The van der Waals surface area contributed by atoms with E-state index in [1.54, 1.807) is 21.9 Å². The number of fused-ring (bicyclic) bond motifs is 1. The van der Waals surface area contributed by atoms with Crippen LogP contribution in [0.15, 0.2) is 60.8 Å². The van der Waals surface area contributed by atoms with Crippen LogP contribution in [0.2, 0.25) is 5.15 Å². The van der Waals surface area contributed by atoms with E-state index in [2.05, 4.69) is 35.3 Å². The maximum Gasteiger partial charge on any atom is 0.410 e. The van der Waals surface area contributed by atoms with E-state index in [1.807, 2.05) is 12.1 Å². The van der Waals surface area contributed by atoms with Gasteiger partial charge in [0, 0.05) is 38.7 Å². The van der Waals surface area contributed by atoms with Crippen molar-refractivity contribution in [3.05, 3.63) is 77.1 Å². The van der Waals surface area contributed by atoms with Gasteiger partial charge in [-0.05, 0) is 34.5 Å². The van der Waals surface area contributed by atoms with Crippen LogP contribution in [0, 0.1) is 0 Å². The summed E-state index contributed by atoms with van der Waals surface area (Å²) in [6.45, 7) is 2.14. The van der Waals surface area contributed by atoms with Gasteiger partial charge >= 0.3 is 6.09 Å². The van der Waals surface area contributed by atoms with Crippen LogP contribution in [-0.4, -0.2) is 52.0 Å².